The number of aromatic amines is 1. The highest BCUT2D eigenvalue weighted by Gasteiger charge is 2.61. The van der Waals surface area contributed by atoms with Crippen LogP contribution < -0.4 is 11.2 Å². The normalized spacial score (nSPS) is 29.0. The van der Waals surface area contributed by atoms with Gasteiger partial charge in [0.2, 0.25) is 6.23 Å². The number of hydrogen-bond donors (Lipinski definition) is 1. The molecule has 0 bridgehead atoms. The first-order valence-corrected chi connectivity index (χ1v) is 15.3. The quantitative estimate of drug-likeness (QED) is 0.194. The number of carbonyl (C=O) groups excluding carboxylic acids is 1. The molecule has 15 heteroatoms. The summed E-state index contributed by atoms with van der Waals surface area (Å²) >= 11 is 0. The van der Waals surface area contributed by atoms with Gasteiger partial charge in [-0.05, 0) is 31.5 Å². The molecule has 1 N–H and O–H groups in total. The maximum Gasteiger partial charge on any atom is 0.338 e. The maximum atomic E-state index is 15.9. The summed E-state index contributed by atoms with van der Waals surface area (Å²) in [4.78, 5) is 42.9. The van der Waals surface area contributed by atoms with E-state index in [1.54, 1.807) is 74.5 Å². The fraction of sp³-hybridized carbons (Fsp3) is 0.455. The second-order valence-electron chi connectivity index (χ2n) is 12.0. The highest BCUT2D eigenvalue weighted by Crippen LogP contribution is 2.43. The molecule has 13 nitrogen and oxygen atoms in total. The van der Waals surface area contributed by atoms with E-state index in [-0.39, 0.29) is 24.7 Å². The van der Waals surface area contributed by atoms with Crippen molar-refractivity contribution in [3.8, 4) is 0 Å². The molecule has 48 heavy (non-hydrogen) atoms. The number of benzene rings is 2. The minimum Gasteiger partial charge on any atom is -0.478 e. The number of aliphatic imine (C=N–C) groups is 1. The summed E-state index contributed by atoms with van der Waals surface area (Å²) < 4.78 is 73.4. The molecule has 0 saturated carbocycles. The van der Waals surface area contributed by atoms with Crippen molar-refractivity contribution in [3.05, 3.63) is 105 Å². The molecular weight excluding hydrogens is 636 g/mol. The van der Waals surface area contributed by atoms with E-state index in [1.807, 2.05) is 0 Å². The van der Waals surface area contributed by atoms with Crippen LogP contribution in [-0.4, -0.2) is 83.1 Å². The predicted octanol–water partition coefficient (Wildman–Crippen LogP) is 3.19. The van der Waals surface area contributed by atoms with Crippen LogP contribution in [0.1, 0.15) is 42.9 Å². The van der Waals surface area contributed by atoms with Gasteiger partial charge in [0.1, 0.15) is 37.6 Å². The Labute approximate surface area is 273 Å². The van der Waals surface area contributed by atoms with Gasteiger partial charge in [0, 0.05) is 19.2 Å². The molecule has 7 atom stereocenters. The number of nitrogens with zero attached hydrogens (tertiary/aromatic N) is 2. The number of carbonyl (C=O) groups is 1. The van der Waals surface area contributed by atoms with Crippen LogP contribution in [0.2, 0.25) is 0 Å². The lowest BCUT2D eigenvalue weighted by Gasteiger charge is -2.25. The number of fused-ring (bicyclic) bond motifs is 1. The van der Waals surface area contributed by atoms with Crippen molar-refractivity contribution in [3.63, 3.8) is 0 Å². The molecule has 3 aromatic rings. The zero-order valence-corrected chi connectivity index (χ0v) is 26.3. The second kappa shape index (κ2) is 13.7. The van der Waals surface area contributed by atoms with Crippen LogP contribution >= 0.6 is 0 Å². The largest absolute Gasteiger partial charge is 0.478 e. The standard InChI is InChI=1S/C33H35F2N3O10/c1-19(42-17-22-25-26(48-32(2,3)47-25)28(45-22)38-15-14-24(39)37-31(38)41)36-30-33(34,35)27(43-16-20-10-6-4-7-11-20)23(46-30)18-44-29(40)21-12-8-5-9-13-21/h4-15,22-23,25-28,30H,16-18H2,1-3H3,(H,37,39,41)/b36-19+/t22-,23-,25-,26-,27-,28-,30?/m1/s1. The molecule has 256 valence electrons. The van der Waals surface area contributed by atoms with Crippen molar-refractivity contribution >= 4 is 11.9 Å². The number of esters is 1. The van der Waals surface area contributed by atoms with Crippen molar-refractivity contribution in [1.29, 1.82) is 0 Å². The third kappa shape index (κ3) is 7.24. The molecule has 1 unspecified atom stereocenters. The van der Waals surface area contributed by atoms with Crippen molar-refractivity contribution in [2.45, 2.75) is 82.1 Å². The Bertz CT molecular complexity index is 1730. The molecule has 3 fully saturated rings. The molecule has 2 aromatic carbocycles. The molecule has 0 aliphatic carbocycles. The summed E-state index contributed by atoms with van der Waals surface area (Å²) in [5, 5.41) is 0. The van der Waals surface area contributed by atoms with Gasteiger partial charge in [-0.1, -0.05) is 48.5 Å². The van der Waals surface area contributed by atoms with Crippen molar-refractivity contribution in [1.82, 2.24) is 9.55 Å². The Balaban J connectivity index is 1.15. The van der Waals surface area contributed by atoms with Crippen LogP contribution in [0.3, 0.4) is 0 Å². The van der Waals surface area contributed by atoms with Gasteiger partial charge in [0.25, 0.3) is 5.56 Å². The Morgan fingerprint density at radius 2 is 1.58 bits per heavy atom. The zero-order valence-electron chi connectivity index (χ0n) is 26.3. The predicted molar refractivity (Wildman–Crippen MR) is 163 cm³/mol. The van der Waals surface area contributed by atoms with E-state index >= 15 is 8.78 Å². The highest BCUT2D eigenvalue weighted by molar-refractivity contribution is 5.89. The van der Waals surface area contributed by atoms with Crippen LogP contribution in [0.15, 0.2) is 87.5 Å². The number of halogens is 2. The van der Waals surface area contributed by atoms with Gasteiger partial charge in [-0.2, -0.15) is 8.78 Å². The molecule has 4 heterocycles. The van der Waals surface area contributed by atoms with E-state index in [9.17, 15) is 14.4 Å². The number of aromatic nitrogens is 2. The fourth-order valence-corrected chi connectivity index (χ4v) is 5.80. The summed E-state index contributed by atoms with van der Waals surface area (Å²) in [5.74, 6) is -5.50. The lowest BCUT2D eigenvalue weighted by molar-refractivity contribution is -0.200. The smallest absolute Gasteiger partial charge is 0.338 e. The number of H-pyrrole nitrogens is 1. The van der Waals surface area contributed by atoms with E-state index in [4.69, 9.17) is 33.2 Å². The number of nitrogens with one attached hydrogen (secondary N) is 1. The van der Waals surface area contributed by atoms with Gasteiger partial charge in [-0.25, -0.2) is 14.6 Å². The van der Waals surface area contributed by atoms with E-state index in [0.717, 1.165) is 0 Å². The van der Waals surface area contributed by atoms with Crippen LogP contribution in [0, 0.1) is 0 Å². The Kier molecular flexibility index (Phi) is 9.58. The topological polar surface area (TPSA) is 149 Å². The molecule has 0 radical (unpaired) electrons. The van der Waals surface area contributed by atoms with E-state index < -0.39 is 78.5 Å². The first-order valence-electron chi connectivity index (χ1n) is 15.3. The summed E-state index contributed by atoms with van der Waals surface area (Å²) in [6.07, 6.45) is -7.08. The lowest BCUT2D eigenvalue weighted by Crippen LogP contribution is -2.43. The highest BCUT2D eigenvalue weighted by atomic mass is 19.3. The van der Waals surface area contributed by atoms with Crippen molar-refractivity contribution < 1.29 is 46.7 Å². The van der Waals surface area contributed by atoms with Gasteiger partial charge < -0.3 is 33.2 Å². The molecule has 0 amide bonds. The SMILES string of the molecule is C/C(=N\C1O[C@H](COC(=O)c2ccccc2)[C@@H](OCc2ccccc2)C1(F)F)OC[C@H]1O[C@@H](n2ccc(=O)[nH]c2=O)[C@@H]2OC(C)(C)O[C@@H]21. The number of alkyl halides is 2. The number of rotatable bonds is 10. The third-order valence-electron chi connectivity index (χ3n) is 8.02. The van der Waals surface area contributed by atoms with E-state index in [2.05, 4.69) is 9.98 Å². The second-order valence-corrected chi connectivity index (χ2v) is 12.0. The van der Waals surface area contributed by atoms with Crippen molar-refractivity contribution in [2.24, 2.45) is 4.99 Å². The molecular formula is C33H35F2N3O10. The van der Waals surface area contributed by atoms with Gasteiger partial charge in [-0.3, -0.25) is 14.3 Å². The summed E-state index contributed by atoms with van der Waals surface area (Å²) in [6, 6.07) is 18.1. The van der Waals surface area contributed by atoms with Crippen LogP contribution in [0.4, 0.5) is 8.78 Å². The van der Waals surface area contributed by atoms with E-state index in [0.29, 0.717) is 5.56 Å². The van der Waals surface area contributed by atoms with Crippen molar-refractivity contribution in [2.75, 3.05) is 13.2 Å². The first kappa shape index (κ1) is 33.6. The Hall–Kier alpha value is -4.28. The first-order chi connectivity index (χ1) is 22.9. The van der Waals surface area contributed by atoms with Gasteiger partial charge in [0.15, 0.2) is 24.0 Å². The summed E-state index contributed by atoms with van der Waals surface area (Å²) in [5.41, 5.74) is -0.352. The van der Waals surface area contributed by atoms with Crippen LogP contribution in [-0.2, 0) is 39.8 Å². The molecule has 6 rings (SSSR count). The Morgan fingerprint density at radius 3 is 2.29 bits per heavy atom. The molecule has 3 aliphatic heterocycles. The van der Waals surface area contributed by atoms with Gasteiger partial charge in [-0.15, -0.1) is 0 Å². The summed E-state index contributed by atoms with van der Waals surface area (Å²) in [6.45, 7) is 3.94. The molecule has 3 saturated heterocycles. The lowest BCUT2D eigenvalue weighted by atomic mass is 10.1. The maximum absolute atomic E-state index is 15.9. The van der Waals surface area contributed by atoms with Crippen LogP contribution in [0.25, 0.3) is 0 Å². The number of hydrogen-bond acceptors (Lipinski definition) is 11. The average molecular weight is 672 g/mol. The minimum atomic E-state index is -3.64. The van der Waals surface area contributed by atoms with Gasteiger partial charge in [0.05, 0.1) is 12.2 Å². The molecule has 1 aromatic heterocycles. The number of ether oxygens (including phenoxy) is 7. The van der Waals surface area contributed by atoms with Crippen LogP contribution in [0.5, 0.6) is 0 Å². The Morgan fingerprint density at radius 1 is 0.917 bits per heavy atom. The monoisotopic (exact) mass is 671 g/mol. The fourth-order valence-electron chi connectivity index (χ4n) is 5.80. The average Bonchev–Trinajstić information content (AvgIpc) is 3.63. The zero-order chi connectivity index (χ0) is 34.1. The molecule has 3 aliphatic rings. The van der Waals surface area contributed by atoms with E-state index in [1.165, 1.54) is 23.8 Å². The third-order valence-corrected chi connectivity index (χ3v) is 8.02. The minimum absolute atomic E-state index is 0.140. The van der Waals surface area contributed by atoms with Gasteiger partial charge >= 0.3 is 17.6 Å². The summed E-state index contributed by atoms with van der Waals surface area (Å²) in [7, 11) is 0. The molecule has 0 spiro atoms.